The lowest BCUT2D eigenvalue weighted by Crippen LogP contribution is -2.48. The fourth-order valence-corrected chi connectivity index (χ4v) is 4.94. The number of benzene rings is 1. The lowest BCUT2D eigenvalue weighted by atomic mass is 10.0. The number of H-pyrrole nitrogens is 1. The third-order valence-corrected chi connectivity index (χ3v) is 7.25. The second-order valence-corrected chi connectivity index (χ2v) is 10.1. The number of ether oxygens (including phenoxy) is 2. The van der Waals surface area contributed by atoms with E-state index in [2.05, 4.69) is 15.3 Å². The SMILES string of the molecule is COc1ccc(OCC2CC2)c(-c2ccnc3c(C(=O)NC4CCN(C(=O)[C@H](C)O)CC4)c(C)[nH]c23)c1. The van der Waals surface area contributed by atoms with Gasteiger partial charge in [-0.1, -0.05) is 0 Å². The van der Waals surface area contributed by atoms with Crippen LogP contribution in [0.5, 0.6) is 11.5 Å². The van der Waals surface area contributed by atoms with Crippen molar-refractivity contribution >= 4 is 22.8 Å². The zero-order valence-corrected chi connectivity index (χ0v) is 21.5. The molecule has 2 fully saturated rings. The Labute approximate surface area is 216 Å². The molecule has 196 valence electrons. The van der Waals surface area contributed by atoms with E-state index in [1.54, 1.807) is 18.2 Å². The summed E-state index contributed by atoms with van der Waals surface area (Å²) in [5.74, 6) is 1.65. The van der Waals surface area contributed by atoms with Crippen molar-refractivity contribution in [1.29, 1.82) is 0 Å². The fraction of sp³-hybridized carbons (Fsp3) is 0.464. The standard InChI is InChI=1S/C28H34N4O5/c1-16-24(27(34)31-19-9-12-32(13-10-19)28(35)17(2)33)26-25(30-16)21(8-11-29-26)22-14-20(36-3)6-7-23(22)37-15-18-4-5-18/h6-8,11,14,17-19,30,33H,4-5,9-10,12-13,15H2,1-3H3,(H,31,34)/t17-/m0/s1. The van der Waals surface area contributed by atoms with Crippen LogP contribution in [0.25, 0.3) is 22.2 Å². The molecule has 0 unspecified atom stereocenters. The molecule has 1 saturated heterocycles. The minimum Gasteiger partial charge on any atom is -0.497 e. The molecule has 5 rings (SSSR count). The van der Waals surface area contributed by atoms with Crippen molar-refractivity contribution in [3.8, 4) is 22.6 Å². The van der Waals surface area contributed by atoms with Crippen LogP contribution in [0.4, 0.5) is 0 Å². The number of rotatable bonds is 8. The third-order valence-electron chi connectivity index (χ3n) is 7.25. The molecular formula is C28H34N4O5. The van der Waals surface area contributed by atoms with E-state index >= 15 is 0 Å². The predicted octanol–water partition coefficient (Wildman–Crippen LogP) is 3.44. The van der Waals surface area contributed by atoms with Gasteiger partial charge in [0.05, 0.1) is 24.8 Å². The number of nitrogens with one attached hydrogen (secondary N) is 2. The minimum absolute atomic E-state index is 0.0566. The second kappa shape index (κ2) is 10.4. The Morgan fingerprint density at radius 1 is 1.19 bits per heavy atom. The molecule has 0 radical (unpaired) electrons. The summed E-state index contributed by atoms with van der Waals surface area (Å²) in [5.41, 5.74) is 4.40. The summed E-state index contributed by atoms with van der Waals surface area (Å²) in [4.78, 5) is 35.1. The number of aromatic nitrogens is 2. The summed E-state index contributed by atoms with van der Waals surface area (Å²) in [5, 5.41) is 12.7. The summed E-state index contributed by atoms with van der Waals surface area (Å²) < 4.78 is 11.7. The highest BCUT2D eigenvalue weighted by Crippen LogP contribution is 2.39. The van der Waals surface area contributed by atoms with E-state index in [1.165, 1.54) is 19.8 Å². The van der Waals surface area contributed by atoms with Crippen LogP contribution in [0.1, 0.15) is 48.7 Å². The maximum atomic E-state index is 13.4. The quantitative estimate of drug-likeness (QED) is 0.431. The molecule has 3 heterocycles. The molecule has 1 aliphatic carbocycles. The number of aromatic amines is 1. The molecular weight excluding hydrogens is 472 g/mol. The van der Waals surface area contributed by atoms with Crippen molar-refractivity contribution in [2.24, 2.45) is 5.92 Å². The van der Waals surface area contributed by atoms with E-state index in [0.717, 1.165) is 33.8 Å². The first-order valence-corrected chi connectivity index (χ1v) is 12.9. The van der Waals surface area contributed by atoms with Gasteiger partial charge < -0.3 is 29.8 Å². The zero-order chi connectivity index (χ0) is 26.1. The van der Waals surface area contributed by atoms with Gasteiger partial charge >= 0.3 is 0 Å². The number of aliphatic hydroxyl groups is 1. The highest BCUT2D eigenvalue weighted by molar-refractivity contribution is 6.09. The molecule has 3 N–H and O–H groups in total. The third kappa shape index (κ3) is 5.27. The van der Waals surface area contributed by atoms with Crippen molar-refractivity contribution in [1.82, 2.24) is 20.2 Å². The Bertz CT molecular complexity index is 1310. The molecule has 0 bridgehead atoms. The molecule has 9 heteroatoms. The summed E-state index contributed by atoms with van der Waals surface area (Å²) in [6.07, 6.45) is 4.38. The second-order valence-electron chi connectivity index (χ2n) is 10.1. The first-order valence-electron chi connectivity index (χ1n) is 12.9. The lowest BCUT2D eigenvalue weighted by Gasteiger charge is -2.33. The number of carbonyl (C=O) groups is 2. The smallest absolute Gasteiger partial charge is 0.255 e. The van der Waals surface area contributed by atoms with Crippen molar-refractivity contribution in [3.63, 3.8) is 0 Å². The Hall–Kier alpha value is -3.59. The molecule has 3 aromatic rings. The lowest BCUT2D eigenvalue weighted by molar-refractivity contribution is -0.140. The van der Waals surface area contributed by atoms with E-state index in [-0.39, 0.29) is 17.9 Å². The first kappa shape index (κ1) is 25.1. The first-order chi connectivity index (χ1) is 17.9. The minimum atomic E-state index is -1.01. The van der Waals surface area contributed by atoms with Gasteiger partial charge in [-0.05, 0) is 69.7 Å². The van der Waals surface area contributed by atoms with Crippen molar-refractivity contribution in [2.45, 2.75) is 51.7 Å². The monoisotopic (exact) mass is 506 g/mol. The number of hydrogen-bond acceptors (Lipinski definition) is 6. The molecule has 0 spiro atoms. The molecule has 1 saturated carbocycles. The number of hydrogen-bond donors (Lipinski definition) is 3. The Kier molecular flexibility index (Phi) is 7.06. The number of nitrogens with zero attached hydrogens (tertiary/aromatic N) is 2. The summed E-state index contributed by atoms with van der Waals surface area (Å²) in [6, 6.07) is 7.64. The molecule has 2 amide bonds. The van der Waals surface area contributed by atoms with Crippen LogP contribution in [0.2, 0.25) is 0 Å². The van der Waals surface area contributed by atoms with Gasteiger partial charge in [0.15, 0.2) is 0 Å². The molecule has 2 aromatic heterocycles. The molecule has 37 heavy (non-hydrogen) atoms. The van der Waals surface area contributed by atoms with E-state index in [9.17, 15) is 14.7 Å². The van der Waals surface area contributed by atoms with Gasteiger partial charge in [-0.15, -0.1) is 0 Å². The highest BCUT2D eigenvalue weighted by Gasteiger charge is 2.28. The average Bonchev–Trinajstić information content (AvgIpc) is 3.66. The van der Waals surface area contributed by atoms with Gasteiger partial charge in [0, 0.05) is 42.1 Å². The van der Waals surface area contributed by atoms with Crippen LogP contribution in [0.15, 0.2) is 30.5 Å². The number of piperidine rings is 1. The van der Waals surface area contributed by atoms with Crippen LogP contribution < -0.4 is 14.8 Å². The molecule has 1 aromatic carbocycles. The van der Waals surface area contributed by atoms with Crippen LogP contribution in [-0.4, -0.2) is 70.7 Å². The van der Waals surface area contributed by atoms with E-state index in [1.807, 2.05) is 31.2 Å². The summed E-state index contributed by atoms with van der Waals surface area (Å²) in [7, 11) is 1.64. The molecule has 2 aliphatic rings. The number of likely N-dealkylation sites (tertiary alicyclic amines) is 1. The maximum Gasteiger partial charge on any atom is 0.255 e. The Balaban J connectivity index is 1.40. The fourth-order valence-electron chi connectivity index (χ4n) is 4.94. The van der Waals surface area contributed by atoms with Crippen LogP contribution in [0.3, 0.4) is 0 Å². The average molecular weight is 507 g/mol. The normalized spacial score (nSPS) is 17.0. The summed E-state index contributed by atoms with van der Waals surface area (Å²) >= 11 is 0. The van der Waals surface area contributed by atoms with Gasteiger partial charge in [-0.2, -0.15) is 0 Å². The van der Waals surface area contributed by atoms with Crippen LogP contribution >= 0.6 is 0 Å². The van der Waals surface area contributed by atoms with Gasteiger partial charge in [-0.25, -0.2) is 0 Å². The van der Waals surface area contributed by atoms with E-state index in [0.29, 0.717) is 49.5 Å². The van der Waals surface area contributed by atoms with E-state index < -0.39 is 6.10 Å². The predicted molar refractivity (Wildman–Crippen MR) is 140 cm³/mol. The number of aryl methyl sites for hydroxylation is 1. The number of methoxy groups -OCH3 is 1. The summed E-state index contributed by atoms with van der Waals surface area (Å²) in [6.45, 7) is 5.05. The van der Waals surface area contributed by atoms with Gasteiger partial charge in [0.1, 0.15) is 23.1 Å². The van der Waals surface area contributed by atoms with Crippen LogP contribution in [0, 0.1) is 12.8 Å². The van der Waals surface area contributed by atoms with Crippen molar-refractivity contribution in [2.75, 3.05) is 26.8 Å². The largest absolute Gasteiger partial charge is 0.497 e. The molecule has 1 aliphatic heterocycles. The van der Waals surface area contributed by atoms with Crippen molar-refractivity contribution in [3.05, 3.63) is 41.7 Å². The zero-order valence-electron chi connectivity index (χ0n) is 21.5. The number of pyridine rings is 1. The number of carbonyl (C=O) groups excluding carboxylic acids is 2. The van der Waals surface area contributed by atoms with Gasteiger partial charge in [-0.3, -0.25) is 14.6 Å². The Morgan fingerprint density at radius 2 is 1.95 bits per heavy atom. The number of fused-ring (bicyclic) bond motifs is 1. The maximum absolute atomic E-state index is 13.4. The number of amides is 2. The van der Waals surface area contributed by atoms with E-state index in [4.69, 9.17) is 9.47 Å². The highest BCUT2D eigenvalue weighted by atomic mass is 16.5. The number of aliphatic hydroxyl groups excluding tert-OH is 1. The van der Waals surface area contributed by atoms with Crippen molar-refractivity contribution < 1.29 is 24.2 Å². The molecule has 1 atom stereocenters. The topological polar surface area (TPSA) is 117 Å². The van der Waals surface area contributed by atoms with Gasteiger partial charge in [0.2, 0.25) is 0 Å². The van der Waals surface area contributed by atoms with Gasteiger partial charge in [0.25, 0.3) is 11.8 Å². The Morgan fingerprint density at radius 3 is 2.62 bits per heavy atom. The molecule has 9 nitrogen and oxygen atoms in total. The van der Waals surface area contributed by atoms with Crippen LogP contribution in [-0.2, 0) is 4.79 Å².